The van der Waals surface area contributed by atoms with Crippen LogP contribution in [0.25, 0.3) is 10.6 Å². The third-order valence-corrected chi connectivity index (χ3v) is 4.67. The van der Waals surface area contributed by atoms with Crippen LogP contribution >= 0.6 is 22.9 Å². The van der Waals surface area contributed by atoms with Gasteiger partial charge in [0.25, 0.3) is 0 Å². The maximum absolute atomic E-state index is 12.3. The van der Waals surface area contributed by atoms with E-state index in [1.165, 1.54) is 11.3 Å². The van der Waals surface area contributed by atoms with Crippen LogP contribution in [-0.4, -0.2) is 24.2 Å². The van der Waals surface area contributed by atoms with Crippen molar-refractivity contribution in [3.63, 3.8) is 0 Å². The summed E-state index contributed by atoms with van der Waals surface area (Å²) in [6.07, 6.45) is 0. The first-order chi connectivity index (χ1) is 12.2. The maximum atomic E-state index is 12.3. The Kier molecular flexibility index (Phi) is 4.29. The quantitative estimate of drug-likeness (QED) is 0.501. The van der Waals surface area contributed by atoms with Crippen molar-refractivity contribution in [2.45, 2.75) is 0 Å². The Morgan fingerprint density at radius 3 is 2.64 bits per heavy atom. The number of benzene rings is 2. The smallest absolute Gasteiger partial charge is 0.363 e. The molecular formula is C18H12ClNO4S. The Morgan fingerprint density at radius 1 is 1.08 bits per heavy atom. The van der Waals surface area contributed by atoms with Crippen LogP contribution in [0.2, 0.25) is 5.02 Å². The number of fused-ring (bicyclic) bond motifs is 1. The van der Waals surface area contributed by atoms with Crippen molar-refractivity contribution in [3.8, 4) is 27.8 Å². The lowest BCUT2D eigenvalue weighted by Gasteiger charge is -2.18. The molecule has 0 radical (unpaired) electrons. The molecule has 126 valence electrons. The maximum Gasteiger partial charge on any atom is 0.363 e. The van der Waals surface area contributed by atoms with Crippen LogP contribution < -0.4 is 14.2 Å². The van der Waals surface area contributed by atoms with Gasteiger partial charge in [-0.3, -0.25) is 0 Å². The highest BCUT2D eigenvalue weighted by Gasteiger charge is 2.17. The monoisotopic (exact) mass is 373 g/mol. The molecule has 0 fully saturated rings. The molecule has 0 saturated heterocycles. The zero-order valence-electron chi connectivity index (χ0n) is 12.9. The highest BCUT2D eigenvalue weighted by Crippen LogP contribution is 2.34. The fraction of sp³-hybridized carbons (Fsp3) is 0.111. The number of carbonyl (C=O) groups is 1. The average Bonchev–Trinajstić information content (AvgIpc) is 3.12. The van der Waals surface area contributed by atoms with Gasteiger partial charge in [-0.25, -0.2) is 9.78 Å². The second kappa shape index (κ2) is 6.74. The summed E-state index contributed by atoms with van der Waals surface area (Å²) in [5.74, 6) is 1.07. The molecular weight excluding hydrogens is 362 g/mol. The summed E-state index contributed by atoms with van der Waals surface area (Å²) in [5, 5.41) is 3.05. The molecule has 0 N–H and O–H groups in total. The molecule has 0 spiro atoms. The molecule has 0 saturated carbocycles. The van der Waals surface area contributed by atoms with E-state index < -0.39 is 5.97 Å². The molecule has 0 aliphatic carbocycles. The van der Waals surface area contributed by atoms with E-state index in [-0.39, 0.29) is 5.69 Å². The number of esters is 1. The minimum Gasteiger partial charge on any atom is -0.486 e. The number of rotatable bonds is 3. The van der Waals surface area contributed by atoms with Gasteiger partial charge in [0.15, 0.2) is 17.2 Å². The highest BCUT2D eigenvalue weighted by molar-refractivity contribution is 7.13. The third kappa shape index (κ3) is 3.45. The fourth-order valence-corrected chi connectivity index (χ4v) is 3.26. The topological polar surface area (TPSA) is 57.7 Å². The molecule has 4 rings (SSSR count). The van der Waals surface area contributed by atoms with Crippen molar-refractivity contribution in [2.75, 3.05) is 13.2 Å². The van der Waals surface area contributed by atoms with E-state index in [1.807, 2.05) is 12.1 Å². The number of halogens is 1. The molecule has 0 bridgehead atoms. The van der Waals surface area contributed by atoms with Crippen molar-refractivity contribution >= 4 is 28.9 Å². The minimum absolute atomic E-state index is 0.254. The van der Waals surface area contributed by atoms with Crippen LogP contribution in [0.15, 0.2) is 47.8 Å². The first kappa shape index (κ1) is 15.9. The summed E-state index contributed by atoms with van der Waals surface area (Å²) >= 11 is 7.26. The van der Waals surface area contributed by atoms with Gasteiger partial charge in [0.2, 0.25) is 0 Å². The first-order valence-electron chi connectivity index (χ1n) is 7.52. The van der Waals surface area contributed by atoms with E-state index in [1.54, 1.807) is 35.7 Å². The van der Waals surface area contributed by atoms with Crippen molar-refractivity contribution in [2.24, 2.45) is 0 Å². The van der Waals surface area contributed by atoms with Crippen molar-refractivity contribution < 1.29 is 19.0 Å². The van der Waals surface area contributed by atoms with E-state index in [0.717, 1.165) is 10.6 Å². The lowest BCUT2D eigenvalue weighted by atomic mass is 10.2. The number of thiazole rings is 1. The van der Waals surface area contributed by atoms with E-state index in [0.29, 0.717) is 35.5 Å². The largest absolute Gasteiger partial charge is 0.486 e. The first-order valence-corrected chi connectivity index (χ1v) is 8.78. The summed E-state index contributed by atoms with van der Waals surface area (Å²) in [7, 11) is 0. The molecule has 0 unspecified atom stereocenters. The molecule has 1 aliphatic heterocycles. The number of aromatic nitrogens is 1. The van der Waals surface area contributed by atoms with Crippen molar-refractivity contribution in [1.82, 2.24) is 4.98 Å². The van der Waals surface area contributed by atoms with Gasteiger partial charge in [0, 0.05) is 22.0 Å². The molecule has 2 aromatic carbocycles. The molecule has 1 aliphatic rings. The van der Waals surface area contributed by atoms with Gasteiger partial charge in [-0.1, -0.05) is 23.7 Å². The van der Waals surface area contributed by atoms with Crippen molar-refractivity contribution in [1.29, 1.82) is 0 Å². The zero-order chi connectivity index (χ0) is 17.2. The van der Waals surface area contributed by atoms with E-state index >= 15 is 0 Å². The van der Waals surface area contributed by atoms with Crippen LogP contribution in [0.1, 0.15) is 10.5 Å². The number of hydrogen-bond donors (Lipinski definition) is 0. The van der Waals surface area contributed by atoms with Gasteiger partial charge < -0.3 is 14.2 Å². The van der Waals surface area contributed by atoms with Crippen LogP contribution in [0.3, 0.4) is 0 Å². The van der Waals surface area contributed by atoms with Gasteiger partial charge in [-0.05, 0) is 24.3 Å². The Hall–Kier alpha value is -2.57. The lowest BCUT2D eigenvalue weighted by molar-refractivity contribution is 0.0728. The summed E-state index contributed by atoms with van der Waals surface area (Å²) < 4.78 is 16.3. The van der Waals surface area contributed by atoms with Crippen LogP contribution in [0.4, 0.5) is 0 Å². The average molecular weight is 374 g/mol. The molecule has 0 amide bonds. The van der Waals surface area contributed by atoms with Gasteiger partial charge >= 0.3 is 5.97 Å². The minimum atomic E-state index is -0.520. The van der Waals surface area contributed by atoms with Crippen LogP contribution in [-0.2, 0) is 0 Å². The Bertz CT molecular complexity index is 923. The van der Waals surface area contributed by atoms with Gasteiger partial charge in [-0.15, -0.1) is 11.3 Å². The number of hydrogen-bond acceptors (Lipinski definition) is 6. The molecule has 25 heavy (non-hydrogen) atoms. The Labute approximate surface area is 152 Å². The summed E-state index contributed by atoms with van der Waals surface area (Å²) in [6, 6.07) is 12.3. The van der Waals surface area contributed by atoms with Gasteiger partial charge in [0.05, 0.1) is 0 Å². The summed E-state index contributed by atoms with van der Waals surface area (Å²) in [4.78, 5) is 16.6. The van der Waals surface area contributed by atoms with Gasteiger partial charge in [-0.2, -0.15) is 0 Å². The molecule has 7 heteroatoms. The predicted molar refractivity (Wildman–Crippen MR) is 95.0 cm³/mol. The lowest BCUT2D eigenvalue weighted by Crippen LogP contribution is -2.15. The van der Waals surface area contributed by atoms with Crippen LogP contribution in [0, 0.1) is 0 Å². The molecule has 5 nitrogen and oxygen atoms in total. The SMILES string of the molecule is O=C(Oc1ccc2c(c1)OCCO2)c1csc(-c2ccc(Cl)cc2)n1. The number of ether oxygens (including phenoxy) is 3. The highest BCUT2D eigenvalue weighted by atomic mass is 35.5. The molecule has 3 aromatic rings. The second-order valence-corrected chi connectivity index (χ2v) is 6.53. The number of carbonyl (C=O) groups excluding carboxylic acids is 1. The van der Waals surface area contributed by atoms with E-state index in [4.69, 9.17) is 25.8 Å². The molecule has 1 aromatic heterocycles. The predicted octanol–water partition coefficient (Wildman–Crippen LogP) is 4.45. The van der Waals surface area contributed by atoms with Crippen molar-refractivity contribution in [3.05, 3.63) is 58.6 Å². The van der Waals surface area contributed by atoms with Gasteiger partial charge in [0.1, 0.15) is 24.0 Å². The van der Waals surface area contributed by atoms with Crippen LogP contribution in [0.5, 0.6) is 17.2 Å². The third-order valence-electron chi connectivity index (χ3n) is 3.53. The fourth-order valence-electron chi connectivity index (χ4n) is 2.34. The summed E-state index contributed by atoms with van der Waals surface area (Å²) in [6.45, 7) is 0.985. The summed E-state index contributed by atoms with van der Waals surface area (Å²) in [5.41, 5.74) is 1.15. The van der Waals surface area contributed by atoms with E-state index in [2.05, 4.69) is 4.98 Å². The standard InChI is InChI=1S/C18H12ClNO4S/c19-12-3-1-11(2-4-12)17-20-14(10-25-17)18(21)24-13-5-6-15-16(9-13)23-8-7-22-15/h1-6,9-10H,7-8H2. The zero-order valence-corrected chi connectivity index (χ0v) is 14.5. The Balaban J connectivity index is 1.51. The normalized spacial score (nSPS) is 12.7. The second-order valence-electron chi connectivity index (χ2n) is 5.24. The Morgan fingerprint density at radius 2 is 1.84 bits per heavy atom. The van der Waals surface area contributed by atoms with E-state index in [9.17, 15) is 4.79 Å². The molecule has 0 atom stereocenters. The number of nitrogens with zero attached hydrogens (tertiary/aromatic N) is 1. The molecule has 2 heterocycles.